The van der Waals surface area contributed by atoms with Gasteiger partial charge in [0.25, 0.3) is 0 Å². The summed E-state index contributed by atoms with van der Waals surface area (Å²) in [6, 6.07) is 32.3. The molecule has 0 saturated heterocycles. The van der Waals surface area contributed by atoms with E-state index in [0.717, 1.165) is 18.7 Å². The Hall–Kier alpha value is -4.92. The predicted octanol–water partition coefficient (Wildman–Crippen LogP) is 9.52. The van der Waals surface area contributed by atoms with Crippen LogP contribution >= 0.6 is 7.81 Å². The number of rotatable bonds is 5. The number of para-hydroxylation sites is 4. The molecule has 4 aromatic carbocycles. The van der Waals surface area contributed by atoms with Crippen LogP contribution in [0.1, 0.15) is 43.0 Å². The average Bonchev–Trinajstić information content (AvgIpc) is 3.38. The topological polar surface area (TPSA) is 210 Å². The van der Waals surface area contributed by atoms with Crippen molar-refractivity contribution in [2.24, 2.45) is 0 Å². The summed E-state index contributed by atoms with van der Waals surface area (Å²) >= 11 is 0. The van der Waals surface area contributed by atoms with Gasteiger partial charge < -0.3 is 43.2 Å². The van der Waals surface area contributed by atoms with Crippen LogP contribution in [-0.2, 0) is 98.9 Å². The minimum absolute atomic E-state index is 0. The number of hydrogen-bond acceptors (Lipinski definition) is 8. The van der Waals surface area contributed by atoms with Gasteiger partial charge in [-0.3, -0.25) is 0 Å². The van der Waals surface area contributed by atoms with Crippen LogP contribution in [0.3, 0.4) is 0 Å². The van der Waals surface area contributed by atoms with Crippen LogP contribution in [0.15, 0.2) is 97.1 Å². The minimum atomic E-state index is -10.7. The molecule has 24 heteroatoms. The Kier molecular flexibility index (Phi) is 51.9. The monoisotopic (exact) mass is 1160 g/mol. The number of quaternary nitrogens is 1. The van der Waals surface area contributed by atoms with Crippen molar-refractivity contribution in [2.45, 2.75) is 39.3 Å². The van der Waals surface area contributed by atoms with Gasteiger partial charge in [0.2, 0.25) is 0 Å². The van der Waals surface area contributed by atoms with Crippen LogP contribution in [0, 0.1) is 52.6 Å². The van der Waals surface area contributed by atoms with E-state index in [9.17, 15) is 25.2 Å². The van der Waals surface area contributed by atoms with Crippen molar-refractivity contribution >= 4 is 7.81 Å². The molecule has 0 spiro atoms. The number of halogens is 6. The first kappa shape index (κ1) is 80.5. The van der Waals surface area contributed by atoms with Crippen LogP contribution in [0.2, 0.25) is 0 Å². The molecule has 2 N–H and O–H groups in total. The van der Waals surface area contributed by atoms with Gasteiger partial charge in [0, 0.05) is 44.7 Å². The summed E-state index contributed by atoms with van der Waals surface area (Å²) in [6.07, 6.45) is 2.64. The van der Waals surface area contributed by atoms with Crippen molar-refractivity contribution in [1.82, 2.24) is 0 Å². The molecule has 0 saturated carbocycles. The van der Waals surface area contributed by atoms with E-state index < -0.39 is 7.81 Å². The van der Waals surface area contributed by atoms with Crippen molar-refractivity contribution in [3.63, 3.8) is 0 Å². The van der Waals surface area contributed by atoms with Gasteiger partial charge in [-0.05, 0) is 46.9 Å². The largest absolute Gasteiger partial charge is 0.487 e. The summed E-state index contributed by atoms with van der Waals surface area (Å²) in [5.74, 6) is 2.73. The third-order valence-corrected chi connectivity index (χ3v) is 8.08. The quantitative estimate of drug-likeness (QED) is 0.0878. The van der Waals surface area contributed by atoms with E-state index in [1.165, 1.54) is 16.7 Å². The Labute approximate surface area is 449 Å². The van der Waals surface area contributed by atoms with Crippen LogP contribution in [0.4, 0.5) is 25.2 Å². The van der Waals surface area contributed by atoms with E-state index in [1.54, 1.807) is 0 Å². The second-order valence-electron chi connectivity index (χ2n) is 14.2. The fourth-order valence-corrected chi connectivity index (χ4v) is 5.15. The first-order valence-electron chi connectivity index (χ1n) is 20.6. The summed E-state index contributed by atoms with van der Waals surface area (Å²) in [5.41, 5.74) is 5.22. The maximum absolute atomic E-state index is 10.7. The SMILES string of the molecule is F[P-](F)(F)(F)(F)F.[C-]#[O+].[C-]#[O+].[C-]#[O+].[C-]#[O+].[C-]#[O+].[C-]#[O+].[CH]=[C]c1ccc(C[NH2+]Cc2ccc(C(C)(C)C)cc2)cc1.[Co].[Co].c1ccc2c(c1)OCCOCCOCCOc1ccccc1OCCOCCOCCO2. The van der Waals surface area contributed by atoms with Gasteiger partial charge in [0.15, 0.2) is 23.0 Å². The number of fused-ring (bicyclic) bond motifs is 2. The van der Waals surface area contributed by atoms with E-state index in [1.807, 2.05) is 60.7 Å². The second kappa shape index (κ2) is 47.8. The second-order valence-corrected chi connectivity index (χ2v) is 16.1. The molecule has 15 nitrogen and oxygen atoms in total. The van der Waals surface area contributed by atoms with E-state index in [4.69, 9.17) is 72.4 Å². The van der Waals surface area contributed by atoms with Crippen molar-refractivity contribution in [2.75, 3.05) is 79.3 Å². The first-order valence-corrected chi connectivity index (χ1v) is 22.7. The molecule has 0 bridgehead atoms. The van der Waals surface area contributed by atoms with Gasteiger partial charge in [-0.25, -0.2) is 0 Å². The zero-order valence-electron chi connectivity index (χ0n) is 40.4. The van der Waals surface area contributed by atoms with E-state index in [2.05, 4.69) is 108 Å². The predicted molar refractivity (Wildman–Crippen MR) is 243 cm³/mol. The minimum Gasteiger partial charge on any atom is -0.487 e. The molecule has 1 aliphatic rings. The Morgan fingerprint density at radius 3 is 0.905 bits per heavy atom. The number of hydrogen-bond donors (Lipinski definition) is 1. The van der Waals surface area contributed by atoms with Crippen molar-refractivity contribution in [3.05, 3.63) is 172 Å². The van der Waals surface area contributed by atoms with E-state index in [-0.39, 0.29) is 39.0 Å². The molecule has 0 fully saturated rings. The molecular weight excluding hydrogens is 1100 g/mol. The van der Waals surface area contributed by atoms with Crippen LogP contribution < -0.4 is 24.3 Å². The Morgan fingerprint density at radius 1 is 0.446 bits per heavy atom. The molecule has 0 aliphatic carbocycles. The van der Waals surface area contributed by atoms with Gasteiger partial charge in [0.1, 0.15) is 39.5 Å². The summed E-state index contributed by atoms with van der Waals surface area (Å²) in [4.78, 5) is 0. The standard InChI is InChI=1S/C24H32O8.C20H23N.6CO.2Co.F6P/c1-2-6-22-21(5-1)29-17-13-25-9-10-27-15-19-31-23-7-3-4-8-24(23)32-20-16-28-12-11-26-14-18-30-22;1-5-16-6-8-17(9-7-16)14-21-15-18-10-12-19(13-11-18)20(2,3)4;6*1-2;;;1-7(2,3,4,5)6/h1-8H,9-20H2;1,6-13,21H,14-15H2,2-4H3;;;;;;;;;/q;;;;;;;;;;-1/p+1. The molecule has 1 heterocycles. The maximum Gasteiger partial charge on any atom is 0.161 e. The third kappa shape index (κ3) is 49.3. The molecule has 5 rings (SSSR count). The molecule has 4 radical (unpaired) electrons. The third-order valence-electron chi connectivity index (χ3n) is 8.08. The maximum atomic E-state index is 9.87. The summed E-state index contributed by atoms with van der Waals surface area (Å²) in [7, 11) is -10.7. The number of nitrogens with two attached hydrogens (primary N) is 1. The van der Waals surface area contributed by atoms with Crippen molar-refractivity contribution in [3.8, 4) is 23.0 Å². The molecule has 74 heavy (non-hydrogen) atoms. The van der Waals surface area contributed by atoms with Gasteiger partial charge >= 0.3 is 101 Å². The van der Waals surface area contributed by atoms with Crippen LogP contribution in [0.5, 0.6) is 23.0 Å². The van der Waals surface area contributed by atoms with Gasteiger partial charge in [-0.2, -0.15) is 0 Å². The zero-order valence-corrected chi connectivity index (χ0v) is 43.4. The van der Waals surface area contributed by atoms with Gasteiger partial charge in [0.05, 0.1) is 52.9 Å². The molecule has 1 aliphatic heterocycles. The average molecular weight is 1160 g/mol. The summed E-state index contributed by atoms with van der Waals surface area (Å²) < 4.78 is 150. The van der Waals surface area contributed by atoms with Gasteiger partial charge in [-0.15, -0.1) is 0 Å². The molecule has 0 amide bonds. The van der Waals surface area contributed by atoms with Crippen LogP contribution in [0.25, 0.3) is 0 Å². The fourth-order valence-electron chi connectivity index (χ4n) is 5.15. The van der Waals surface area contributed by atoms with Gasteiger partial charge in [-0.1, -0.05) is 100 Å². The normalized spacial score (nSPS) is 13.5. The van der Waals surface area contributed by atoms with Crippen molar-refractivity contribution in [1.29, 1.82) is 0 Å². The van der Waals surface area contributed by atoms with E-state index in [0.29, 0.717) is 102 Å². The molecule has 0 atom stereocenters. The molecule has 0 unspecified atom stereocenters. The smallest absolute Gasteiger partial charge is 0.161 e. The molecular formula is C50H56Co2F6NO14P. The Bertz CT molecular complexity index is 1940. The Morgan fingerprint density at radius 2 is 0.676 bits per heavy atom. The fraction of sp³-hybridized carbons (Fsp3) is 0.360. The van der Waals surface area contributed by atoms with E-state index >= 15 is 0 Å². The summed E-state index contributed by atoms with van der Waals surface area (Å²) in [6.45, 7) is 46.6. The number of benzene rings is 4. The zero-order chi connectivity index (χ0) is 55.8. The summed E-state index contributed by atoms with van der Waals surface area (Å²) in [5, 5.41) is 2.32. The first-order chi connectivity index (χ1) is 34.4. The van der Waals surface area contributed by atoms with Crippen LogP contribution in [-0.4, -0.2) is 79.3 Å². The molecule has 410 valence electrons. The number of ether oxygens (including phenoxy) is 8. The molecule has 0 aromatic heterocycles. The van der Waals surface area contributed by atoms with Crippen molar-refractivity contribution < 1.29 is 130 Å². The Balaban J connectivity index is -0.000000238. The molecule has 4 aromatic rings.